The molecule has 3 aromatic rings. The highest BCUT2D eigenvalue weighted by Crippen LogP contribution is 2.36. The lowest BCUT2D eigenvalue weighted by atomic mass is 10.2. The third-order valence-corrected chi connectivity index (χ3v) is 4.43. The van der Waals surface area contributed by atoms with Gasteiger partial charge in [-0.2, -0.15) is 5.26 Å². The Kier molecular flexibility index (Phi) is 7.13. The van der Waals surface area contributed by atoms with Crippen LogP contribution in [-0.4, -0.2) is 45.2 Å². The summed E-state index contributed by atoms with van der Waals surface area (Å²) in [4.78, 5) is 24.3. The number of carbonyl (C=O) groups is 2. The molecule has 0 aliphatic carbocycles. The molecule has 0 bridgehead atoms. The lowest BCUT2D eigenvalue weighted by Gasteiger charge is -2.14. The van der Waals surface area contributed by atoms with E-state index in [1.54, 1.807) is 37.3 Å². The summed E-state index contributed by atoms with van der Waals surface area (Å²) >= 11 is 3.30. The average molecular weight is 486 g/mol. The van der Waals surface area contributed by atoms with Crippen molar-refractivity contribution >= 4 is 27.7 Å². The number of benzene rings is 2. The van der Waals surface area contributed by atoms with Crippen LogP contribution >= 0.6 is 15.9 Å². The number of tetrazole rings is 1. The van der Waals surface area contributed by atoms with Crippen LogP contribution in [0.15, 0.2) is 47.2 Å². The van der Waals surface area contributed by atoms with Crippen molar-refractivity contribution in [1.82, 2.24) is 31.1 Å². The predicted molar refractivity (Wildman–Crippen MR) is 110 cm³/mol. The van der Waals surface area contributed by atoms with Gasteiger partial charge in [-0.05, 0) is 63.6 Å². The molecule has 2 N–H and O–H groups in total. The van der Waals surface area contributed by atoms with Crippen LogP contribution in [0.2, 0.25) is 0 Å². The molecule has 1 heterocycles. The molecule has 0 atom stereocenters. The first-order chi connectivity index (χ1) is 15.0. The van der Waals surface area contributed by atoms with Crippen molar-refractivity contribution in [3.8, 4) is 23.3 Å². The van der Waals surface area contributed by atoms with Gasteiger partial charge in [-0.1, -0.05) is 0 Å². The maximum atomic E-state index is 12.2. The van der Waals surface area contributed by atoms with Gasteiger partial charge in [0.25, 0.3) is 11.8 Å². The standard InChI is InChI=1S/C19H16BrN7O4/c1-2-30-16-8-12(9-21)7-15(20)18(16)31-10-17(28)23-24-19(29)13-3-5-14(6-4-13)27-11-22-25-26-27/h3-8,11H,2,10H2,1H3,(H,23,28)(H,24,29). The molecule has 12 heteroatoms. The number of carbonyl (C=O) groups excluding carboxylic acids is 2. The highest BCUT2D eigenvalue weighted by Gasteiger charge is 2.15. The predicted octanol–water partition coefficient (Wildman–Crippen LogP) is 1.54. The molecule has 0 aliphatic rings. The molecule has 0 spiro atoms. The lowest BCUT2D eigenvalue weighted by molar-refractivity contribution is -0.123. The van der Waals surface area contributed by atoms with Gasteiger partial charge in [0.15, 0.2) is 18.1 Å². The Labute approximate surface area is 185 Å². The number of hydrazine groups is 1. The summed E-state index contributed by atoms with van der Waals surface area (Å²) < 4.78 is 12.9. The van der Waals surface area contributed by atoms with E-state index in [-0.39, 0.29) is 12.4 Å². The Morgan fingerprint density at radius 2 is 1.97 bits per heavy atom. The van der Waals surface area contributed by atoms with Crippen LogP contribution in [0.5, 0.6) is 11.5 Å². The molecule has 0 radical (unpaired) electrons. The fourth-order valence-electron chi connectivity index (χ4n) is 2.45. The third kappa shape index (κ3) is 5.55. The van der Waals surface area contributed by atoms with Crippen molar-refractivity contribution in [3.63, 3.8) is 0 Å². The monoisotopic (exact) mass is 485 g/mol. The minimum absolute atomic E-state index is 0.278. The molecule has 0 aliphatic heterocycles. The van der Waals surface area contributed by atoms with E-state index < -0.39 is 11.8 Å². The smallest absolute Gasteiger partial charge is 0.276 e. The van der Waals surface area contributed by atoms with Gasteiger partial charge in [0.2, 0.25) is 0 Å². The summed E-state index contributed by atoms with van der Waals surface area (Å²) in [6.45, 7) is 1.75. The van der Waals surface area contributed by atoms with Crippen molar-refractivity contribution in [2.24, 2.45) is 0 Å². The van der Waals surface area contributed by atoms with Crippen molar-refractivity contribution in [2.75, 3.05) is 13.2 Å². The summed E-state index contributed by atoms with van der Waals surface area (Å²) in [5.74, 6) is -0.489. The molecule has 0 saturated heterocycles. The van der Waals surface area contributed by atoms with Crippen LogP contribution in [0.3, 0.4) is 0 Å². The minimum atomic E-state index is -0.586. The van der Waals surface area contributed by atoms with Gasteiger partial charge in [-0.15, -0.1) is 5.10 Å². The van der Waals surface area contributed by atoms with Crippen LogP contribution in [0.25, 0.3) is 5.69 Å². The number of halogens is 1. The Morgan fingerprint density at radius 1 is 1.19 bits per heavy atom. The fraction of sp³-hybridized carbons (Fsp3) is 0.158. The van der Waals surface area contributed by atoms with E-state index in [2.05, 4.69) is 42.3 Å². The number of hydrogen-bond acceptors (Lipinski definition) is 8. The molecule has 2 amide bonds. The third-order valence-electron chi connectivity index (χ3n) is 3.84. The van der Waals surface area contributed by atoms with E-state index in [9.17, 15) is 9.59 Å². The van der Waals surface area contributed by atoms with E-state index in [1.807, 2.05) is 6.07 Å². The number of nitriles is 1. The largest absolute Gasteiger partial charge is 0.490 e. The van der Waals surface area contributed by atoms with Gasteiger partial charge in [0, 0.05) is 11.6 Å². The Hall–Kier alpha value is -3.98. The van der Waals surface area contributed by atoms with Gasteiger partial charge in [-0.3, -0.25) is 20.4 Å². The summed E-state index contributed by atoms with van der Waals surface area (Å²) in [7, 11) is 0. The van der Waals surface area contributed by atoms with E-state index >= 15 is 0 Å². The molecular weight excluding hydrogens is 470 g/mol. The van der Waals surface area contributed by atoms with Crippen LogP contribution in [0, 0.1) is 11.3 Å². The number of nitrogens with zero attached hydrogens (tertiary/aromatic N) is 5. The number of aromatic nitrogens is 4. The zero-order chi connectivity index (χ0) is 22.2. The zero-order valence-electron chi connectivity index (χ0n) is 16.2. The van der Waals surface area contributed by atoms with E-state index in [0.29, 0.717) is 33.6 Å². The van der Waals surface area contributed by atoms with E-state index in [4.69, 9.17) is 14.7 Å². The number of ether oxygens (including phenoxy) is 2. The van der Waals surface area contributed by atoms with Gasteiger partial charge >= 0.3 is 0 Å². The molecule has 0 fully saturated rings. The number of rotatable bonds is 7. The van der Waals surface area contributed by atoms with Crippen molar-refractivity contribution in [1.29, 1.82) is 5.26 Å². The Balaban J connectivity index is 1.55. The molecule has 31 heavy (non-hydrogen) atoms. The Morgan fingerprint density at radius 3 is 2.61 bits per heavy atom. The summed E-state index contributed by atoms with van der Waals surface area (Å²) in [5, 5.41) is 19.9. The topological polar surface area (TPSA) is 144 Å². The van der Waals surface area contributed by atoms with Gasteiger partial charge < -0.3 is 9.47 Å². The second-order valence-corrected chi connectivity index (χ2v) is 6.78. The highest BCUT2D eigenvalue weighted by molar-refractivity contribution is 9.10. The van der Waals surface area contributed by atoms with Crippen LogP contribution in [0.1, 0.15) is 22.8 Å². The van der Waals surface area contributed by atoms with Crippen molar-refractivity contribution in [3.05, 3.63) is 58.3 Å². The SMILES string of the molecule is CCOc1cc(C#N)cc(Br)c1OCC(=O)NNC(=O)c1ccc(-n2cnnn2)cc1. The first-order valence-electron chi connectivity index (χ1n) is 8.93. The Bertz CT molecular complexity index is 1110. The first-order valence-corrected chi connectivity index (χ1v) is 9.73. The second-order valence-electron chi connectivity index (χ2n) is 5.92. The molecule has 3 rings (SSSR count). The molecule has 158 valence electrons. The van der Waals surface area contributed by atoms with E-state index in [1.165, 1.54) is 17.1 Å². The highest BCUT2D eigenvalue weighted by atomic mass is 79.9. The van der Waals surface area contributed by atoms with Crippen LogP contribution < -0.4 is 20.3 Å². The van der Waals surface area contributed by atoms with Crippen molar-refractivity contribution in [2.45, 2.75) is 6.92 Å². The zero-order valence-corrected chi connectivity index (χ0v) is 17.8. The average Bonchev–Trinajstić information content (AvgIpc) is 3.32. The van der Waals surface area contributed by atoms with Crippen LogP contribution in [0.4, 0.5) is 0 Å². The summed E-state index contributed by atoms with van der Waals surface area (Å²) in [6.07, 6.45) is 1.43. The molecule has 2 aromatic carbocycles. The second kappa shape index (κ2) is 10.2. The van der Waals surface area contributed by atoms with Gasteiger partial charge in [0.05, 0.1) is 28.4 Å². The number of hydrogen-bond donors (Lipinski definition) is 2. The van der Waals surface area contributed by atoms with Crippen molar-refractivity contribution < 1.29 is 19.1 Å². The maximum absolute atomic E-state index is 12.2. The molecule has 0 saturated carbocycles. The summed E-state index contributed by atoms with van der Waals surface area (Å²) in [6, 6.07) is 11.5. The molecule has 11 nitrogen and oxygen atoms in total. The lowest BCUT2D eigenvalue weighted by Crippen LogP contribution is -2.43. The maximum Gasteiger partial charge on any atom is 0.276 e. The van der Waals surface area contributed by atoms with E-state index in [0.717, 1.165) is 0 Å². The number of nitrogens with one attached hydrogen (secondary N) is 2. The quantitative estimate of drug-likeness (QED) is 0.479. The molecular formula is C19H16BrN7O4. The number of amides is 2. The minimum Gasteiger partial charge on any atom is -0.490 e. The van der Waals surface area contributed by atoms with Gasteiger partial charge in [0.1, 0.15) is 6.33 Å². The normalized spacial score (nSPS) is 10.1. The first kappa shape index (κ1) is 21.7. The van der Waals surface area contributed by atoms with Gasteiger partial charge in [-0.25, -0.2) is 4.68 Å². The fourth-order valence-corrected chi connectivity index (χ4v) is 3.01. The molecule has 1 aromatic heterocycles. The molecule has 0 unspecified atom stereocenters. The van der Waals surface area contributed by atoms with Crippen LogP contribution in [-0.2, 0) is 4.79 Å². The summed E-state index contributed by atoms with van der Waals surface area (Å²) in [5.41, 5.74) is 5.97.